The lowest BCUT2D eigenvalue weighted by Crippen LogP contribution is -2.27. The van der Waals surface area contributed by atoms with Crippen molar-refractivity contribution in [2.75, 3.05) is 20.3 Å². The summed E-state index contributed by atoms with van der Waals surface area (Å²) in [5, 5.41) is 4.27. The molecule has 0 unspecified atom stereocenters. The Bertz CT molecular complexity index is 912. The summed E-state index contributed by atoms with van der Waals surface area (Å²) in [6, 6.07) is 17.0. The van der Waals surface area contributed by atoms with Crippen LogP contribution in [0.1, 0.15) is 42.4 Å². The second kappa shape index (κ2) is 9.56. The molecule has 0 aliphatic carbocycles. The minimum Gasteiger partial charge on any atom is -0.385 e. The number of nitrogens with zero attached hydrogens (tertiary/aromatic N) is 1. The lowest BCUT2D eigenvalue weighted by Gasteiger charge is -2.17. The van der Waals surface area contributed by atoms with Gasteiger partial charge < -0.3 is 14.6 Å². The Morgan fingerprint density at radius 3 is 2.61 bits per heavy atom. The summed E-state index contributed by atoms with van der Waals surface area (Å²) in [5.74, 6) is 0.107. The monoisotopic (exact) mass is 378 g/mol. The average Bonchev–Trinajstić information content (AvgIpc) is 3.09. The van der Waals surface area contributed by atoms with Gasteiger partial charge in [0.1, 0.15) is 0 Å². The summed E-state index contributed by atoms with van der Waals surface area (Å²) in [4.78, 5) is 12.7. The van der Waals surface area contributed by atoms with E-state index in [0.717, 1.165) is 13.0 Å². The van der Waals surface area contributed by atoms with Gasteiger partial charge in [-0.15, -0.1) is 0 Å². The van der Waals surface area contributed by atoms with E-state index >= 15 is 0 Å². The zero-order chi connectivity index (χ0) is 19.9. The number of amides is 1. The van der Waals surface area contributed by atoms with Crippen LogP contribution >= 0.6 is 0 Å². The first-order valence-electron chi connectivity index (χ1n) is 10.0. The molecule has 0 fully saturated rings. The molecule has 2 aromatic carbocycles. The smallest absolute Gasteiger partial charge is 0.220 e. The normalized spacial score (nSPS) is 12.2. The number of rotatable bonds is 9. The van der Waals surface area contributed by atoms with Crippen molar-refractivity contribution in [3.63, 3.8) is 0 Å². The van der Waals surface area contributed by atoms with Crippen LogP contribution in [0.2, 0.25) is 0 Å². The Kier molecular flexibility index (Phi) is 6.88. The van der Waals surface area contributed by atoms with Crippen molar-refractivity contribution in [3.05, 3.63) is 71.4 Å². The number of nitrogens with one attached hydrogen (secondary N) is 1. The fraction of sp³-hybridized carbons (Fsp3) is 0.375. The summed E-state index contributed by atoms with van der Waals surface area (Å²) in [6.07, 6.45) is 3.48. The molecule has 0 saturated heterocycles. The third-order valence-electron chi connectivity index (χ3n) is 5.25. The highest BCUT2D eigenvalue weighted by atomic mass is 16.5. The van der Waals surface area contributed by atoms with Gasteiger partial charge in [0.2, 0.25) is 5.91 Å². The Hall–Kier alpha value is -2.59. The number of hydrogen-bond donors (Lipinski definition) is 1. The maximum atomic E-state index is 12.7. The number of ether oxygens (including phenoxy) is 1. The van der Waals surface area contributed by atoms with Crippen LogP contribution in [0.5, 0.6) is 0 Å². The number of para-hydroxylation sites is 1. The predicted molar refractivity (Wildman–Crippen MR) is 115 cm³/mol. The average molecular weight is 379 g/mol. The van der Waals surface area contributed by atoms with Crippen LogP contribution in [-0.2, 0) is 16.1 Å². The number of aryl methyl sites for hydroxylation is 2. The fourth-order valence-corrected chi connectivity index (χ4v) is 3.72. The fourth-order valence-electron chi connectivity index (χ4n) is 3.72. The van der Waals surface area contributed by atoms with E-state index in [1.165, 1.54) is 27.6 Å². The summed E-state index contributed by atoms with van der Waals surface area (Å²) >= 11 is 0. The molecule has 0 aliphatic heterocycles. The molecule has 28 heavy (non-hydrogen) atoms. The van der Waals surface area contributed by atoms with E-state index < -0.39 is 0 Å². The van der Waals surface area contributed by atoms with Crippen LogP contribution < -0.4 is 5.32 Å². The van der Waals surface area contributed by atoms with Crippen LogP contribution in [0, 0.1) is 6.92 Å². The first-order valence-corrected chi connectivity index (χ1v) is 10.0. The molecule has 0 bridgehead atoms. The van der Waals surface area contributed by atoms with Crippen molar-refractivity contribution in [3.8, 4) is 0 Å². The first kappa shape index (κ1) is 20.2. The summed E-state index contributed by atoms with van der Waals surface area (Å²) in [7, 11) is 1.68. The SMILES string of the molecule is CCn1cc([C@H](CC(=O)NCCCOC)c2ccc(C)cc2)c2ccccc21. The van der Waals surface area contributed by atoms with Gasteiger partial charge in [0.25, 0.3) is 0 Å². The summed E-state index contributed by atoms with van der Waals surface area (Å²) in [6.45, 7) is 6.45. The van der Waals surface area contributed by atoms with E-state index in [4.69, 9.17) is 4.74 Å². The molecule has 0 aliphatic rings. The zero-order valence-electron chi connectivity index (χ0n) is 17.1. The molecule has 0 spiro atoms. The second-order valence-corrected chi connectivity index (χ2v) is 7.25. The molecule has 1 aromatic heterocycles. The van der Waals surface area contributed by atoms with Gasteiger partial charge in [0, 0.05) is 56.2 Å². The van der Waals surface area contributed by atoms with Gasteiger partial charge >= 0.3 is 0 Å². The topological polar surface area (TPSA) is 43.3 Å². The molecule has 3 rings (SSSR count). The minimum absolute atomic E-state index is 0.0284. The number of carbonyl (C=O) groups excluding carboxylic acids is 1. The summed E-state index contributed by atoms with van der Waals surface area (Å²) in [5.41, 5.74) is 4.84. The molecule has 1 amide bonds. The highest BCUT2D eigenvalue weighted by molar-refractivity contribution is 5.86. The molecule has 148 valence electrons. The first-order chi connectivity index (χ1) is 13.6. The van der Waals surface area contributed by atoms with E-state index in [2.05, 4.69) is 78.5 Å². The molecule has 1 N–H and O–H groups in total. The molecular weight excluding hydrogens is 348 g/mol. The van der Waals surface area contributed by atoms with Crippen molar-refractivity contribution in [1.82, 2.24) is 9.88 Å². The minimum atomic E-state index is 0.0284. The number of methoxy groups -OCH3 is 1. The van der Waals surface area contributed by atoms with Crippen LogP contribution in [-0.4, -0.2) is 30.7 Å². The predicted octanol–water partition coefficient (Wildman–Crippen LogP) is 4.64. The van der Waals surface area contributed by atoms with Crippen LogP contribution in [0.15, 0.2) is 54.7 Å². The molecule has 1 heterocycles. The van der Waals surface area contributed by atoms with Crippen LogP contribution in [0.4, 0.5) is 0 Å². The zero-order valence-corrected chi connectivity index (χ0v) is 17.1. The largest absolute Gasteiger partial charge is 0.385 e. The number of hydrogen-bond acceptors (Lipinski definition) is 2. The van der Waals surface area contributed by atoms with Crippen molar-refractivity contribution in [2.45, 2.75) is 39.2 Å². The lowest BCUT2D eigenvalue weighted by atomic mass is 9.87. The molecule has 0 radical (unpaired) electrons. The Labute approximate surface area is 167 Å². The highest BCUT2D eigenvalue weighted by Crippen LogP contribution is 2.35. The molecular formula is C24H30N2O2. The van der Waals surface area contributed by atoms with Gasteiger partial charge in [0.05, 0.1) is 0 Å². The summed E-state index contributed by atoms with van der Waals surface area (Å²) < 4.78 is 7.33. The maximum absolute atomic E-state index is 12.7. The van der Waals surface area contributed by atoms with Gasteiger partial charge in [-0.3, -0.25) is 4.79 Å². The number of carbonyl (C=O) groups is 1. The van der Waals surface area contributed by atoms with E-state index in [-0.39, 0.29) is 11.8 Å². The van der Waals surface area contributed by atoms with E-state index in [1.807, 2.05) is 0 Å². The molecule has 4 nitrogen and oxygen atoms in total. The molecule has 0 saturated carbocycles. The van der Waals surface area contributed by atoms with E-state index in [9.17, 15) is 4.79 Å². The van der Waals surface area contributed by atoms with E-state index in [0.29, 0.717) is 19.6 Å². The molecule has 4 heteroatoms. The van der Waals surface area contributed by atoms with Gasteiger partial charge in [-0.05, 0) is 37.5 Å². The third-order valence-corrected chi connectivity index (χ3v) is 5.25. The van der Waals surface area contributed by atoms with Crippen LogP contribution in [0.3, 0.4) is 0 Å². The van der Waals surface area contributed by atoms with Gasteiger partial charge in [-0.25, -0.2) is 0 Å². The van der Waals surface area contributed by atoms with Crippen molar-refractivity contribution < 1.29 is 9.53 Å². The van der Waals surface area contributed by atoms with Crippen molar-refractivity contribution in [2.24, 2.45) is 0 Å². The Balaban J connectivity index is 1.93. The number of benzene rings is 2. The van der Waals surface area contributed by atoms with Gasteiger partial charge in [-0.2, -0.15) is 0 Å². The van der Waals surface area contributed by atoms with Crippen LogP contribution in [0.25, 0.3) is 10.9 Å². The van der Waals surface area contributed by atoms with Crippen molar-refractivity contribution in [1.29, 1.82) is 0 Å². The van der Waals surface area contributed by atoms with Crippen molar-refractivity contribution >= 4 is 16.8 Å². The molecule has 3 aromatic rings. The highest BCUT2D eigenvalue weighted by Gasteiger charge is 2.22. The maximum Gasteiger partial charge on any atom is 0.220 e. The Morgan fingerprint density at radius 2 is 1.89 bits per heavy atom. The standard InChI is InChI=1S/C24H30N2O2/c1-4-26-17-22(20-8-5-6-9-23(20)26)21(19-12-10-18(2)11-13-19)16-24(27)25-14-7-15-28-3/h5-6,8-13,17,21H,4,7,14-16H2,1-3H3,(H,25,27)/t21-/m1/s1. The van der Waals surface area contributed by atoms with Gasteiger partial charge in [0.15, 0.2) is 0 Å². The number of aromatic nitrogens is 1. The van der Waals surface area contributed by atoms with E-state index in [1.54, 1.807) is 7.11 Å². The lowest BCUT2D eigenvalue weighted by molar-refractivity contribution is -0.121. The third kappa shape index (κ3) is 4.63. The number of fused-ring (bicyclic) bond motifs is 1. The van der Waals surface area contributed by atoms with Gasteiger partial charge in [-0.1, -0.05) is 48.0 Å². The Morgan fingerprint density at radius 1 is 1.14 bits per heavy atom. The quantitative estimate of drug-likeness (QED) is 0.551. The molecule has 1 atom stereocenters. The second-order valence-electron chi connectivity index (χ2n) is 7.25.